The highest BCUT2D eigenvalue weighted by Crippen LogP contribution is 2.41. The average Bonchev–Trinajstić information content (AvgIpc) is 2.67. The molecule has 0 aromatic heterocycles. The van der Waals surface area contributed by atoms with Crippen molar-refractivity contribution < 1.29 is 23.0 Å². The van der Waals surface area contributed by atoms with Gasteiger partial charge in [-0.15, -0.1) is 11.6 Å². The van der Waals surface area contributed by atoms with Crippen LogP contribution in [0.3, 0.4) is 0 Å². The molecule has 0 aliphatic carbocycles. The van der Waals surface area contributed by atoms with Gasteiger partial charge in [0.1, 0.15) is 5.60 Å². The molecule has 0 atom stereocenters. The summed E-state index contributed by atoms with van der Waals surface area (Å²) in [4.78, 5) is 24.5. The number of hydrogen-bond acceptors (Lipinski definition) is 6. The first kappa shape index (κ1) is 27.1. The summed E-state index contributed by atoms with van der Waals surface area (Å²) < 4.78 is 28.2. The summed E-state index contributed by atoms with van der Waals surface area (Å²) in [6.45, 7) is 14.6. The van der Waals surface area contributed by atoms with Crippen LogP contribution in [-0.4, -0.2) is 65.8 Å². The van der Waals surface area contributed by atoms with E-state index in [1.54, 1.807) is 27.8 Å². The minimum Gasteiger partial charge on any atom is -0.292 e. The molecule has 0 N–H and O–H groups in total. The molecule has 1 aromatic carbocycles. The van der Waals surface area contributed by atoms with Crippen molar-refractivity contribution in [1.82, 2.24) is 9.21 Å². The molecule has 1 aliphatic heterocycles. The van der Waals surface area contributed by atoms with Crippen LogP contribution in [0.2, 0.25) is 0 Å². The van der Waals surface area contributed by atoms with Crippen molar-refractivity contribution in [3.05, 3.63) is 29.8 Å². The second kappa shape index (κ2) is 9.58. The lowest BCUT2D eigenvalue weighted by Gasteiger charge is -2.56. The Kier molecular flexibility index (Phi) is 8.10. The normalized spacial score (nSPS) is 19.8. The second-order valence-electron chi connectivity index (χ2n) is 10.6. The lowest BCUT2D eigenvalue weighted by Crippen LogP contribution is -2.64. The summed E-state index contributed by atoms with van der Waals surface area (Å²) in [6.07, 6.45) is 1.38. The highest BCUT2D eigenvalue weighted by atomic mass is 35.5. The number of likely N-dealkylation sites (tertiary alicyclic amines) is 1. The highest BCUT2D eigenvalue weighted by Gasteiger charge is 2.47. The molecule has 0 radical (unpaired) electrons. The standard InChI is InChI=1S/C23H37ClN2O5S/c1-21(2,3)31-30-20(27)17-9-11-19(12-10-17)32(28,29)25(8)18-15-22(4,5)26(14-13-24)23(6,7)16-18/h9-12,18H,13-16H2,1-8H3. The number of carbonyl (C=O) groups is 1. The van der Waals surface area contributed by atoms with Gasteiger partial charge in [-0.1, -0.05) is 0 Å². The second-order valence-corrected chi connectivity index (χ2v) is 13.0. The van der Waals surface area contributed by atoms with Crippen molar-refractivity contribution in [3.63, 3.8) is 0 Å². The molecule has 1 heterocycles. The first-order valence-electron chi connectivity index (χ1n) is 10.8. The number of rotatable bonds is 7. The third-order valence-electron chi connectivity index (χ3n) is 5.89. The number of halogens is 1. The van der Waals surface area contributed by atoms with Crippen LogP contribution in [0.15, 0.2) is 29.2 Å². The average molecular weight is 489 g/mol. The van der Waals surface area contributed by atoms with Gasteiger partial charge in [0, 0.05) is 36.6 Å². The van der Waals surface area contributed by atoms with Crippen molar-refractivity contribution in [2.24, 2.45) is 0 Å². The van der Waals surface area contributed by atoms with Gasteiger partial charge in [0.15, 0.2) is 0 Å². The highest BCUT2D eigenvalue weighted by molar-refractivity contribution is 7.89. The van der Waals surface area contributed by atoms with Crippen LogP contribution in [0.4, 0.5) is 0 Å². The lowest BCUT2D eigenvalue weighted by atomic mass is 9.77. The van der Waals surface area contributed by atoms with E-state index < -0.39 is 21.6 Å². The van der Waals surface area contributed by atoms with E-state index in [9.17, 15) is 13.2 Å². The van der Waals surface area contributed by atoms with E-state index in [2.05, 4.69) is 32.6 Å². The Balaban J connectivity index is 2.20. The van der Waals surface area contributed by atoms with E-state index in [0.717, 1.165) is 6.54 Å². The van der Waals surface area contributed by atoms with Crippen molar-refractivity contribution >= 4 is 27.6 Å². The molecule has 0 unspecified atom stereocenters. The monoisotopic (exact) mass is 488 g/mol. The fraction of sp³-hybridized carbons (Fsp3) is 0.696. The number of piperidine rings is 1. The van der Waals surface area contributed by atoms with E-state index in [4.69, 9.17) is 21.4 Å². The maximum absolute atomic E-state index is 13.3. The molecule has 7 nitrogen and oxygen atoms in total. The van der Waals surface area contributed by atoms with Crippen LogP contribution >= 0.6 is 11.6 Å². The molecule has 1 aliphatic rings. The SMILES string of the molecule is CN(C1CC(C)(C)N(CCCl)C(C)(C)C1)S(=O)(=O)c1ccc(C(=O)OOC(C)(C)C)cc1. The number of carbonyl (C=O) groups excluding carboxylic acids is 1. The van der Waals surface area contributed by atoms with E-state index in [1.807, 2.05) is 0 Å². The third kappa shape index (κ3) is 6.23. The predicted molar refractivity (Wildman–Crippen MR) is 126 cm³/mol. The molecule has 9 heteroatoms. The molecule has 0 amide bonds. The number of sulfonamides is 1. The topological polar surface area (TPSA) is 76.2 Å². The Hall–Kier alpha value is -1.19. The summed E-state index contributed by atoms with van der Waals surface area (Å²) >= 11 is 6.03. The molecule has 0 spiro atoms. The van der Waals surface area contributed by atoms with Gasteiger partial charge in [-0.05, 0) is 85.6 Å². The molecule has 32 heavy (non-hydrogen) atoms. The first-order chi connectivity index (χ1) is 14.5. The van der Waals surface area contributed by atoms with Gasteiger partial charge >= 0.3 is 5.97 Å². The zero-order valence-electron chi connectivity index (χ0n) is 20.4. The summed E-state index contributed by atoms with van der Waals surface area (Å²) in [5.74, 6) is -0.145. The fourth-order valence-electron chi connectivity index (χ4n) is 4.55. The van der Waals surface area contributed by atoms with Gasteiger partial charge in [-0.3, -0.25) is 9.79 Å². The van der Waals surface area contributed by atoms with Gasteiger partial charge in [-0.25, -0.2) is 13.2 Å². The summed E-state index contributed by atoms with van der Waals surface area (Å²) in [7, 11) is -2.11. The van der Waals surface area contributed by atoms with E-state index in [1.165, 1.54) is 28.6 Å². The maximum atomic E-state index is 13.3. The fourth-order valence-corrected chi connectivity index (χ4v) is 6.07. The zero-order chi connectivity index (χ0) is 24.5. The molecule has 1 fully saturated rings. The smallest absolute Gasteiger partial charge is 0.292 e. The summed E-state index contributed by atoms with van der Waals surface area (Å²) in [5, 5.41) is 0. The van der Waals surface area contributed by atoms with Gasteiger partial charge in [-0.2, -0.15) is 9.19 Å². The Morgan fingerprint density at radius 2 is 1.62 bits per heavy atom. The lowest BCUT2D eigenvalue weighted by molar-refractivity contribution is -0.301. The Bertz CT molecular complexity index is 889. The third-order valence-corrected chi connectivity index (χ3v) is 7.98. The van der Waals surface area contributed by atoms with E-state index in [0.29, 0.717) is 18.7 Å². The molecule has 0 saturated carbocycles. The van der Waals surface area contributed by atoms with Crippen LogP contribution in [0, 0.1) is 0 Å². The molecular formula is C23H37ClN2O5S. The van der Waals surface area contributed by atoms with Crippen LogP contribution < -0.4 is 0 Å². The Labute approximate surface area is 198 Å². The van der Waals surface area contributed by atoms with Crippen LogP contribution in [0.1, 0.15) is 71.7 Å². The van der Waals surface area contributed by atoms with Gasteiger partial charge in [0.05, 0.1) is 10.5 Å². The van der Waals surface area contributed by atoms with Crippen molar-refractivity contribution in [2.45, 2.75) is 88.9 Å². The number of hydrogen-bond donors (Lipinski definition) is 0. The van der Waals surface area contributed by atoms with E-state index in [-0.39, 0.29) is 27.6 Å². The molecule has 1 aromatic rings. The van der Waals surface area contributed by atoms with Gasteiger partial charge < -0.3 is 0 Å². The van der Waals surface area contributed by atoms with Crippen molar-refractivity contribution in [1.29, 1.82) is 0 Å². The molecular weight excluding hydrogens is 452 g/mol. The quantitative estimate of drug-likeness (QED) is 0.320. The maximum Gasteiger partial charge on any atom is 0.373 e. The van der Waals surface area contributed by atoms with Gasteiger partial charge in [0.25, 0.3) is 0 Å². The van der Waals surface area contributed by atoms with E-state index >= 15 is 0 Å². The summed E-state index contributed by atoms with van der Waals surface area (Å²) in [6, 6.07) is 5.57. The molecule has 1 saturated heterocycles. The minimum atomic E-state index is -3.74. The molecule has 182 valence electrons. The molecule has 0 bridgehead atoms. The van der Waals surface area contributed by atoms with Crippen LogP contribution in [0.5, 0.6) is 0 Å². The summed E-state index contributed by atoms with van der Waals surface area (Å²) in [5.41, 5.74) is -0.826. The predicted octanol–water partition coefficient (Wildman–Crippen LogP) is 4.45. The van der Waals surface area contributed by atoms with Gasteiger partial charge in [0.2, 0.25) is 10.0 Å². The zero-order valence-corrected chi connectivity index (χ0v) is 22.0. The van der Waals surface area contributed by atoms with Crippen molar-refractivity contribution in [2.75, 3.05) is 19.5 Å². The molecule has 2 rings (SSSR count). The van der Waals surface area contributed by atoms with Crippen LogP contribution in [-0.2, 0) is 19.8 Å². The largest absolute Gasteiger partial charge is 0.373 e. The number of nitrogens with zero attached hydrogens (tertiary/aromatic N) is 2. The van der Waals surface area contributed by atoms with Crippen molar-refractivity contribution in [3.8, 4) is 0 Å². The van der Waals surface area contributed by atoms with Crippen LogP contribution in [0.25, 0.3) is 0 Å². The number of alkyl halides is 1. The Morgan fingerprint density at radius 1 is 1.12 bits per heavy atom. The Morgan fingerprint density at radius 3 is 2.06 bits per heavy atom. The number of benzene rings is 1. The first-order valence-corrected chi connectivity index (χ1v) is 12.8. The minimum absolute atomic E-state index is 0.132.